The number of ether oxygens (including phenoxy) is 1. The second-order valence-electron chi connectivity index (χ2n) is 4.86. The lowest BCUT2D eigenvalue weighted by Gasteiger charge is -2.31. The van der Waals surface area contributed by atoms with Crippen LogP contribution in [0.2, 0.25) is 0 Å². The highest BCUT2D eigenvalue weighted by Gasteiger charge is 2.32. The van der Waals surface area contributed by atoms with E-state index < -0.39 is 0 Å². The molecule has 0 fully saturated rings. The highest BCUT2D eigenvalue weighted by atomic mass is 16.5. The third-order valence-corrected chi connectivity index (χ3v) is 3.48. The number of hydrogen-bond acceptors (Lipinski definition) is 4. The van der Waals surface area contributed by atoms with Crippen LogP contribution >= 0.6 is 0 Å². The molecule has 2 unspecified atom stereocenters. The summed E-state index contributed by atoms with van der Waals surface area (Å²) in [7, 11) is 1.73. The van der Waals surface area contributed by atoms with Crippen molar-refractivity contribution in [3.05, 3.63) is 29.8 Å². The van der Waals surface area contributed by atoms with Gasteiger partial charge in [0.2, 0.25) is 0 Å². The summed E-state index contributed by atoms with van der Waals surface area (Å²) in [4.78, 5) is 6.52. The summed E-state index contributed by atoms with van der Waals surface area (Å²) in [6, 6.07) is 8.54. The van der Waals surface area contributed by atoms with E-state index in [4.69, 9.17) is 10.5 Å². The lowest BCUT2D eigenvalue weighted by Crippen LogP contribution is -2.45. The Labute approximate surface area is 108 Å². The van der Waals surface area contributed by atoms with Crippen LogP contribution in [0.5, 0.6) is 0 Å². The number of hydrogen-bond donors (Lipinski definition) is 1. The van der Waals surface area contributed by atoms with Gasteiger partial charge in [-0.1, -0.05) is 25.1 Å². The lowest BCUT2D eigenvalue weighted by atomic mass is 10.0. The van der Waals surface area contributed by atoms with E-state index in [1.165, 1.54) is 5.56 Å². The van der Waals surface area contributed by atoms with Gasteiger partial charge >= 0.3 is 0 Å². The van der Waals surface area contributed by atoms with E-state index in [1.54, 1.807) is 7.11 Å². The average molecular weight is 247 g/mol. The van der Waals surface area contributed by atoms with E-state index in [0.717, 1.165) is 18.8 Å². The Kier molecular flexibility index (Phi) is 3.87. The molecule has 0 aromatic heterocycles. The predicted octanol–water partition coefficient (Wildman–Crippen LogP) is 1.78. The van der Waals surface area contributed by atoms with Crippen molar-refractivity contribution >= 4 is 11.6 Å². The number of guanidine groups is 1. The van der Waals surface area contributed by atoms with Crippen molar-refractivity contribution < 1.29 is 4.74 Å². The minimum Gasteiger partial charge on any atom is -0.384 e. The van der Waals surface area contributed by atoms with E-state index in [1.807, 2.05) is 12.1 Å². The topological polar surface area (TPSA) is 50.9 Å². The van der Waals surface area contributed by atoms with E-state index in [9.17, 15) is 0 Å². The van der Waals surface area contributed by atoms with Crippen LogP contribution in [0.4, 0.5) is 5.69 Å². The van der Waals surface area contributed by atoms with Gasteiger partial charge in [0.05, 0.1) is 19.2 Å². The van der Waals surface area contributed by atoms with Gasteiger partial charge in [-0.2, -0.15) is 0 Å². The molecule has 1 aromatic carbocycles. The zero-order valence-corrected chi connectivity index (χ0v) is 11.3. The normalized spacial score (nSPS) is 20.9. The van der Waals surface area contributed by atoms with E-state index in [2.05, 4.69) is 35.9 Å². The van der Waals surface area contributed by atoms with Crippen LogP contribution < -0.4 is 10.6 Å². The van der Waals surface area contributed by atoms with Crippen LogP contribution in [0.25, 0.3) is 0 Å². The van der Waals surface area contributed by atoms with Crippen molar-refractivity contribution in [2.75, 3.05) is 25.2 Å². The molecule has 4 nitrogen and oxygen atoms in total. The average Bonchev–Trinajstić information content (AvgIpc) is 2.72. The van der Waals surface area contributed by atoms with E-state index >= 15 is 0 Å². The van der Waals surface area contributed by atoms with Crippen LogP contribution in [0.1, 0.15) is 12.5 Å². The standard InChI is InChI=1S/C14H21N3O/c1-10-6-4-5-7-12(10)17-13(8-16-14(17)15)11(2)9-18-3/h4-7,11,13H,8-9H2,1-3H3,(H2,15,16). The minimum absolute atomic E-state index is 0.283. The Bertz CT molecular complexity index is 444. The molecule has 2 atom stereocenters. The molecule has 0 saturated carbocycles. The Morgan fingerprint density at radius 2 is 2.22 bits per heavy atom. The van der Waals surface area contributed by atoms with Gasteiger partial charge in [0, 0.05) is 18.7 Å². The second kappa shape index (κ2) is 5.40. The number of nitrogens with zero attached hydrogens (tertiary/aromatic N) is 2. The summed E-state index contributed by atoms with van der Waals surface area (Å²) in [5, 5.41) is 0. The molecule has 0 amide bonds. The highest BCUT2D eigenvalue weighted by molar-refractivity contribution is 5.97. The first kappa shape index (κ1) is 12.9. The number of nitrogens with two attached hydrogens (primary N) is 1. The van der Waals surface area contributed by atoms with Crippen molar-refractivity contribution in [1.29, 1.82) is 0 Å². The summed E-state index contributed by atoms with van der Waals surface area (Å²) in [5.74, 6) is 0.997. The SMILES string of the molecule is COCC(C)C1CN=C(N)N1c1ccccc1C. The van der Waals surface area contributed by atoms with Crippen molar-refractivity contribution in [3.63, 3.8) is 0 Å². The first-order valence-electron chi connectivity index (χ1n) is 6.29. The number of methoxy groups -OCH3 is 1. The lowest BCUT2D eigenvalue weighted by molar-refractivity contribution is 0.150. The van der Waals surface area contributed by atoms with Crippen LogP contribution in [-0.4, -0.2) is 32.3 Å². The van der Waals surface area contributed by atoms with Crippen LogP contribution in [0.3, 0.4) is 0 Å². The number of anilines is 1. The molecule has 0 bridgehead atoms. The van der Waals surface area contributed by atoms with Crippen molar-refractivity contribution in [2.45, 2.75) is 19.9 Å². The number of benzene rings is 1. The van der Waals surface area contributed by atoms with Crippen molar-refractivity contribution in [1.82, 2.24) is 0 Å². The molecule has 98 valence electrons. The van der Waals surface area contributed by atoms with Crippen molar-refractivity contribution in [3.8, 4) is 0 Å². The maximum absolute atomic E-state index is 6.04. The zero-order chi connectivity index (χ0) is 13.1. The van der Waals surface area contributed by atoms with Crippen LogP contribution in [0.15, 0.2) is 29.3 Å². The van der Waals surface area contributed by atoms with Gasteiger partial charge in [-0.3, -0.25) is 4.99 Å². The van der Waals surface area contributed by atoms with Gasteiger partial charge in [-0.15, -0.1) is 0 Å². The summed E-state index contributed by atoms with van der Waals surface area (Å²) in [5.41, 5.74) is 8.40. The molecule has 0 saturated heterocycles. The molecule has 2 rings (SSSR count). The molecule has 4 heteroatoms. The molecule has 1 heterocycles. The summed E-state index contributed by atoms with van der Waals surface area (Å²) >= 11 is 0. The first-order chi connectivity index (χ1) is 8.65. The van der Waals surface area contributed by atoms with Gasteiger partial charge in [-0.25, -0.2) is 0 Å². The van der Waals surface area contributed by atoms with Crippen molar-refractivity contribution in [2.24, 2.45) is 16.6 Å². The minimum atomic E-state index is 0.283. The molecule has 0 radical (unpaired) electrons. The second-order valence-corrected chi connectivity index (χ2v) is 4.86. The summed E-state index contributed by atoms with van der Waals surface area (Å²) in [6.45, 7) is 5.73. The van der Waals surface area contributed by atoms with Gasteiger partial charge in [-0.05, 0) is 18.6 Å². The van der Waals surface area contributed by atoms with Gasteiger partial charge in [0.1, 0.15) is 0 Å². The van der Waals surface area contributed by atoms with Gasteiger partial charge < -0.3 is 15.4 Å². The molecule has 1 aromatic rings. The fourth-order valence-electron chi connectivity index (χ4n) is 2.46. The Hall–Kier alpha value is -1.55. The number of aliphatic imine (C=N–C) groups is 1. The Morgan fingerprint density at radius 1 is 1.50 bits per heavy atom. The molecule has 0 spiro atoms. The molecule has 1 aliphatic heterocycles. The maximum Gasteiger partial charge on any atom is 0.196 e. The Balaban J connectivity index is 2.28. The van der Waals surface area contributed by atoms with Gasteiger partial charge in [0.15, 0.2) is 5.96 Å². The summed E-state index contributed by atoms with van der Waals surface area (Å²) in [6.07, 6.45) is 0. The third kappa shape index (κ3) is 2.34. The molecule has 18 heavy (non-hydrogen) atoms. The molecule has 1 aliphatic rings. The fraction of sp³-hybridized carbons (Fsp3) is 0.500. The maximum atomic E-state index is 6.04. The van der Waals surface area contributed by atoms with Crippen LogP contribution in [-0.2, 0) is 4.74 Å². The number of aryl methyl sites for hydroxylation is 1. The highest BCUT2D eigenvalue weighted by Crippen LogP contribution is 2.27. The zero-order valence-electron chi connectivity index (χ0n) is 11.3. The van der Waals surface area contributed by atoms with Crippen LogP contribution in [0, 0.1) is 12.8 Å². The first-order valence-corrected chi connectivity index (χ1v) is 6.29. The largest absolute Gasteiger partial charge is 0.384 e. The molecular weight excluding hydrogens is 226 g/mol. The smallest absolute Gasteiger partial charge is 0.196 e. The Morgan fingerprint density at radius 3 is 2.89 bits per heavy atom. The molecular formula is C14H21N3O. The van der Waals surface area contributed by atoms with E-state index in [-0.39, 0.29) is 6.04 Å². The number of para-hydroxylation sites is 1. The molecule has 0 aliphatic carbocycles. The molecule has 2 N–H and O–H groups in total. The van der Waals surface area contributed by atoms with E-state index in [0.29, 0.717) is 11.9 Å². The van der Waals surface area contributed by atoms with Gasteiger partial charge in [0.25, 0.3) is 0 Å². The quantitative estimate of drug-likeness (QED) is 0.882. The number of rotatable bonds is 4. The third-order valence-electron chi connectivity index (χ3n) is 3.48. The fourth-order valence-corrected chi connectivity index (χ4v) is 2.46. The summed E-state index contributed by atoms with van der Waals surface area (Å²) < 4.78 is 5.25. The predicted molar refractivity (Wildman–Crippen MR) is 75.0 cm³/mol. The monoisotopic (exact) mass is 247 g/mol.